The molecule has 1 aliphatic heterocycles. The molecule has 19 heavy (non-hydrogen) atoms. The molecule has 8 heteroatoms. The van der Waals surface area contributed by atoms with E-state index in [1.54, 1.807) is 0 Å². The molecule has 2 rings (SSSR count). The lowest BCUT2D eigenvalue weighted by atomic mass is 10.1. The van der Waals surface area contributed by atoms with Crippen molar-refractivity contribution in [3.63, 3.8) is 0 Å². The second-order valence-corrected chi connectivity index (χ2v) is 4.40. The first-order valence-electron chi connectivity index (χ1n) is 5.54. The van der Waals surface area contributed by atoms with Gasteiger partial charge in [-0.2, -0.15) is 0 Å². The number of H-pyrrole nitrogens is 1. The summed E-state index contributed by atoms with van der Waals surface area (Å²) in [6.07, 6.45) is -4.05. The van der Waals surface area contributed by atoms with E-state index in [-0.39, 0.29) is 5.56 Å². The number of nitrogens with zero attached hydrogens (tertiary/aromatic N) is 1. The number of aliphatic hydroxyl groups is 3. The summed E-state index contributed by atoms with van der Waals surface area (Å²) in [5, 5.41) is 28.8. The highest BCUT2D eigenvalue weighted by Gasteiger charge is 2.45. The zero-order valence-electron chi connectivity index (χ0n) is 10.1. The summed E-state index contributed by atoms with van der Waals surface area (Å²) >= 11 is 0. The van der Waals surface area contributed by atoms with Gasteiger partial charge in [0.2, 0.25) is 0 Å². The first kappa shape index (κ1) is 13.5. The van der Waals surface area contributed by atoms with Gasteiger partial charge in [-0.1, -0.05) is 6.58 Å². The third-order valence-corrected chi connectivity index (χ3v) is 2.99. The third kappa shape index (κ3) is 2.21. The van der Waals surface area contributed by atoms with Gasteiger partial charge in [-0.05, 0) is 6.92 Å². The molecule has 4 N–H and O–H groups in total. The molecule has 1 aromatic rings. The van der Waals surface area contributed by atoms with Crippen LogP contribution < -0.4 is 11.2 Å². The molecule has 1 aliphatic rings. The average Bonchev–Trinajstić information content (AvgIpc) is 2.62. The zero-order valence-corrected chi connectivity index (χ0v) is 10.1. The molecular weight excluding hydrogens is 256 g/mol. The van der Waals surface area contributed by atoms with E-state index >= 15 is 0 Å². The van der Waals surface area contributed by atoms with Crippen molar-refractivity contribution in [3.05, 3.63) is 44.9 Å². The van der Waals surface area contributed by atoms with Crippen molar-refractivity contribution in [3.8, 4) is 0 Å². The molecule has 0 unspecified atom stereocenters. The topological polar surface area (TPSA) is 125 Å². The van der Waals surface area contributed by atoms with Crippen LogP contribution in [0.5, 0.6) is 0 Å². The highest BCUT2D eigenvalue weighted by atomic mass is 16.6. The fourth-order valence-corrected chi connectivity index (χ4v) is 1.94. The van der Waals surface area contributed by atoms with E-state index < -0.39 is 41.5 Å². The molecule has 0 aromatic carbocycles. The molecule has 0 spiro atoms. The number of aromatic amines is 1. The van der Waals surface area contributed by atoms with Gasteiger partial charge in [-0.25, -0.2) is 4.79 Å². The van der Waals surface area contributed by atoms with Crippen LogP contribution in [0.3, 0.4) is 0 Å². The van der Waals surface area contributed by atoms with Crippen LogP contribution in [-0.2, 0) is 4.74 Å². The maximum absolute atomic E-state index is 11.7. The molecule has 8 nitrogen and oxygen atoms in total. The number of hydrogen-bond donors (Lipinski definition) is 4. The van der Waals surface area contributed by atoms with Crippen molar-refractivity contribution < 1.29 is 20.1 Å². The van der Waals surface area contributed by atoms with E-state index in [9.17, 15) is 24.9 Å². The lowest BCUT2D eigenvalue weighted by Crippen LogP contribution is -2.38. The van der Waals surface area contributed by atoms with Gasteiger partial charge in [0, 0.05) is 11.8 Å². The van der Waals surface area contributed by atoms with Crippen molar-refractivity contribution in [2.45, 2.75) is 31.5 Å². The molecule has 0 bridgehead atoms. The number of ether oxygens (including phenoxy) is 1. The molecule has 1 fully saturated rings. The Morgan fingerprint density at radius 2 is 2.05 bits per heavy atom. The fourth-order valence-electron chi connectivity index (χ4n) is 1.94. The molecular formula is C11H14N2O6. The number of aryl methyl sites for hydroxylation is 1. The van der Waals surface area contributed by atoms with Gasteiger partial charge in [0.05, 0.1) is 0 Å². The van der Waals surface area contributed by atoms with Crippen molar-refractivity contribution in [1.82, 2.24) is 9.55 Å². The Labute approximate surface area is 107 Å². The average molecular weight is 270 g/mol. The highest BCUT2D eigenvalue weighted by molar-refractivity contribution is 5.06. The number of rotatable bonds is 2. The van der Waals surface area contributed by atoms with E-state index in [1.165, 1.54) is 13.1 Å². The predicted octanol–water partition coefficient (Wildman–Crippen LogP) is -1.46. The van der Waals surface area contributed by atoms with Crippen LogP contribution in [0.15, 0.2) is 28.1 Å². The lowest BCUT2D eigenvalue weighted by Gasteiger charge is -2.17. The molecule has 0 radical (unpaired) electrons. The molecule has 0 aliphatic carbocycles. The normalized spacial score (nSPS) is 30.5. The summed E-state index contributed by atoms with van der Waals surface area (Å²) in [6.45, 7) is 4.70. The van der Waals surface area contributed by atoms with E-state index in [2.05, 4.69) is 11.6 Å². The second-order valence-electron chi connectivity index (χ2n) is 4.40. The molecule has 1 aromatic heterocycles. The molecule has 4 atom stereocenters. The minimum absolute atomic E-state index is 0.246. The van der Waals surface area contributed by atoms with Crippen LogP contribution in [0.1, 0.15) is 11.8 Å². The Morgan fingerprint density at radius 3 is 2.58 bits per heavy atom. The summed E-state index contributed by atoms with van der Waals surface area (Å²) < 4.78 is 6.15. The SMILES string of the molecule is C=C(O)[C@H]1O[C@@H](n2cc(C)c(=O)[nH]c2=O)[C@H](O)[C@@H]1O. The summed E-state index contributed by atoms with van der Waals surface area (Å²) in [4.78, 5) is 25.0. The quantitative estimate of drug-likeness (QED) is 0.487. The molecule has 1 saturated heterocycles. The van der Waals surface area contributed by atoms with Crippen LogP contribution in [0.25, 0.3) is 0 Å². The van der Waals surface area contributed by atoms with Crippen LogP contribution >= 0.6 is 0 Å². The number of nitrogens with one attached hydrogen (secondary N) is 1. The van der Waals surface area contributed by atoms with Gasteiger partial charge in [-0.15, -0.1) is 0 Å². The van der Waals surface area contributed by atoms with Gasteiger partial charge in [0.25, 0.3) is 5.56 Å². The van der Waals surface area contributed by atoms with Gasteiger partial charge in [0.15, 0.2) is 6.23 Å². The molecule has 104 valence electrons. The first-order chi connectivity index (χ1) is 8.82. The standard InChI is InChI=1S/C11H14N2O6/c1-4-3-13(11(18)12-9(4)17)10-7(16)6(15)8(19-10)5(2)14/h3,6-8,10,14-16H,2H2,1H3,(H,12,17,18)/t6-,7+,8+,10+/m0/s1. The Hall–Kier alpha value is -1.90. The van der Waals surface area contributed by atoms with E-state index in [0.717, 1.165) is 4.57 Å². The summed E-state index contributed by atoms with van der Waals surface area (Å²) in [6, 6.07) is 0. The van der Waals surface area contributed by atoms with Crippen LogP contribution in [-0.4, -0.2) is 43.2 Å². The van der Waals surface area contributed by atoms with Crippen molar-refractivity contribution in [2.24, 2.45) is 0 Å². The highest BCUT2D eigenvalue weighted by Crippen LogP contribution is 2.30. The molecule has 2 heterocycles. The lowest BCUT2D eigenvalue weighted by molar-refractivity contribution is -0.0388. The maximum Gasteiger partial charge on any atom is 0.330 e. The van der Waals surface area contributed by atoms with Gasteiger partial charge < -0.3 is 20.1 Å². The zero-order chi connectivity index (χ0) is 14.3. The Morgan fingerprint density at radius 1 is 1.42 bits per heavy atom. The summed E-state index contributed by atoms with van der Waals surface area (Å²) in [5.74, 6) is -0.455. The first-order valence-corrected chi connectivity index (χ1v) is 5.54. The fraction of sp³-hybridized carbons (Fsp3) is 0.455. The Bertz CT molecular complexity index is 618. The van der Waals surface area contributed by atoms with Crippen molar-refractivity contribution in [2.75, 3.05) is 0 Å². The van der Waals surface area contributed by atoms with Crippen LogP contribution in [0, 0.1) is 6.92 Å². The minimum Gasteiger partial charge on any atom is -0.510 e. The summed E-state index contributed by atoms with van der Waals surface area (Å²) in [7, 11) is 0. The van der Waals surface area contributed by atoms with Crippen LogP contribution in [0.2, 0.25) is 0 Å². The number of aliphatic hydroxyl groups excluding tert-OH is 3. The smallest absolute Gasteiger partial charge is 0.330 e. The van der Waals surface area contributed by atoms with E-state index in [1.807, 2.05) is 0 Å². The largest absolute Gasteiger partial charge is 0.510 e. The van der Waals surface area contributed by atoms with Gasteiger partial charge in [0.1, 0.15) is 24.1 Å². The monoisotopic (exact) mass is 270 g/mol. The van der Waals surface area contributed by atoms with Gasteiger partial charge >= 0.3 is 5.69 Å². The second kappa shape index (κ2) is 4.65. The summed E-state index contributed by atoms with van der Waals surface area (Å²) in [5.41, 5.74) is -1.08. The number of hydrogen-bond acceptors (Lipinski definition) is 6. The molecule has 0 amide bonds. The maximum atomic E-state index is 11.7. The van der Waals surface area contributed by atoms with E-state index in [0.29, 0.717) is 0 Å². The van der Waals surface area contributed by atoms with E-state index in [4.69, 9.17) is 4.74 Å². The number of aromatic nitrogens is 2. The third-order valence-electron chi connectivity index (χ3n) is 2.99. The predicted molar refractivity (Wildman–Crippen MR) is 63.8 cm³/mol. The van der Waals surface area contributed by atoms with Gasteiger partial charge in [-0.3, -0.25) is 14.3 Å². The minimum atomic E-state index is -1.43. The van der Waals surface area contributed by atoms with Crippen LogP contribution in [0.4, 0.5) is 0 Å². The Balaban J connectivity index is 2.44. The Kier molecular flexibility index (Phi) is 3.31. The van der Waals surface area contributed by atoms with Crippen molar-refractivity contribution >= 4 is 0 Å². The van der Waals surface area contributed by atoms with Crippen molar-refractivity contribution in [1.29, 1.82) is 0 Å². The molecule has 0 saturated carbocycles.